The van der Waals surface area contributed by atoms with Crippen LogP contribution in [-0.2, 0) is 10.9 Å². The maximum Gasteiger partial charge on any atom is 0.416 e. The van der Waals surface area contributed by atoms with Gasteiger partial charge in [-0.15, -0.1) is 0 Å². The number of rotatable bonds is 4. The normalized spacial score (nSPS) is 11.6. The summed E-state index contributed by atoms with van der Waals surface area (Å²) < 4.78 is 42.3. The number of hydrogen-bond acceptors (Lipinski definition) is 2. The van der Waals surface area contributed by atoms with Crippen molar-refractivity contribution in [1.82, 2.24) is 0 Å². The molecule has 0 unspecified atom stereocenters. The topological polar surface area (TPSA) is 12.5 Å². The van der Waals surface area contributed by atoms with Crippen molar-refractivity contribution in [3.63, 3.8) is 0 Å². The van der Waals surface area contributed by atoms with Gasteiger partial charge in [0.05, 0.1) is 12.2 Å². The van der Waals surface area contributed by atoms with Gasteiger partial charge in [-0.05, 0) is 30.7 Å². The Morgan fingerprint density at radius 3 is 2.41 bits per heavy atom. The van der Waals surface area contributed by atoms with Crippen molar-refractivity contribution in [3.05, 3.63) is 29.3 Å². The molecule has 2 nitrogen and oxygen atoms in total. The van der Waals surface area contributed by atoms with Crippen LogP contribution in [0.25, 0.3) is 0 Å². The van der Waals surface area contributed by atoms with Crippen LogP contribution in [0.1, 0.15) is 11.1 Å². The van der Waals surface area contributed by atoms with E-state index in [2.05, 4.69) is 0 Å². The molecule has 0 heterocycles. The molecule has 0 saturated carbocycles. The molecule has 1 aromatic rings. The van der Waals surface area contributed by atoms with Crippen LogP contribution in [0.3, 0.4) is 0 Å². The first-order valence-corrected chi connectivity index (χ1v) is 5.24. The van der Waals surface area contributed by atoms with Gasteiger partial charge in [0.1, 0.15) is 0 Å². The van der Waals surface area contributed by atoms with Crippen molar-refractivity contribution in [2.45, 2.75) is 13.1 Å². The fourth-order valence-electron chi connectivity index (χ4n) is 1.61. The van der Waals surface area contributed by atoms with Crippen LogP contribution in [-0.4, -0.2) is 27.3 Å². The van der Waals surface area contributed by atoms with Crippen molar-refractivity contribution in [3.8, 4) is 0 Å². The van der Waals surface area contributed by atoms with Crippen LogP contribution in [0.5, 0.6) is 0 Å². The van der Waals surface area contributed by atoms with E-state index in [1.165, 1.54) is 12.1 Å². The van der Waals surface area contributed by atoms with Gasteiger partial charge < -0.3 is 9.64 Å². The Kier molecular flexibility index (Phi) is 4.40. The summed E-state index contributed by atoms with van der Waals surface area (Å²) >= 11 is 0. The number of ether oxygens (including phenoxy) is 1. The standard InChI is InChI=1S/C12H16F3NO/c1-9-8-10(12(13,14)15)4-5-11(9)16(2)6-7-17-3/h4-5,8H,6-7H2,1-3H3. The Balaban J connectivity index is 2.90. The van der Waals surface area contributed by atoms with E-state index < -0.39 is 11.7 Å². The molecule has 0 amide bonds. The monoisotopic (exact) mass is 247 g/mol. The van der Waals surface area contributed by atoms with Crippen LogP contribution in [0.2, 0.25) is 0 Å². The molecule has 0 fully saturated rings. The highest BCUT2D eigenvalue weighted by atomic mass is 19.4. The fraction of sp³-hybridized carbons (Fsp3) is 0.500. The summed E-state index contributed by atoms with van der Waals surface area (Å²) in [6.45, 7) is 2.85. The molecule has 0 bridgehead atoms. The SMILES string of the molecule is COCCN(C)c1ccc(C(F)(F)F)cc1C. The molecule has 0 atom stereocenters. The van der Waals surface area contributed by atoms with Gasteiger partial charge in [-0.3, -0.25) is 0 Å². The Morgan fingerprint density at radius 2 is 1.94 bits per heavy atom. The molecule has 1 rings (SSSR count). The number of hydrogen-bond donors (Lipinski definition) is 0. The van der Waals surface area contributed by atoms with Gasteiger partial charge in [-0.1, -0.05) is 0 Å². The Bertz CT molecular complexity index is 377. The maximum absolute atomic E-state index is 12.5. The lowest BCUT2D eigenvalue weighted by Gasteiger charge is -2.21. The molecule has 0 radical (unpaired) electrons. The summed E-state index contributed by atoms with van der Waals surface area (Å²) in [5.41, 5.74) is 0.785. The van der Waals surface area contributed by atoms with Gasteiger partial charge in [-0.25, -0.2) is 0 Å². The highest BCUT2D eigenvalue weighted by molar-refractivity contribution is 5.54. The zero-order valence-corrected chi connectivity index (χ0v) is 10.1. The number of benzene rings is 1. The second-order valence-electron chi connectivity index (χ2n) is 3.91. The van der Waals surface area contributed by atoms with Crippen molar-refractivity contribution in [1.29, 1.82) is 0 Å². The van der Waals surface area contributed by atoms with E-state index in [1.54, 1.807) is 14.0 Å². The van der Waals surface area contributed by atoms with Crippen LogP contribution in [0, 0.1) is 6.92 Å². The van der Waals surface area contributed by atoms with E-state index in [1.807, 2.05) is 11.9 Å². The molecule has 0 spiro atoms. The van der Waals surface area contributed by atoms with E-state index >= 15 is 0 Å². The Labute approximate surface area is 99.0 Å². The number of methoxy groups -OCH3 is 1. The minimum atomic E-state index is -4.28. The van der Waals surface area contributed by atoms with Crippen molar-refractivity contribution >= 4 is 5.69 Å². The lowest BCUT2D eigenvalue weighted by atomic mass is 10.1. The van der Waals surface area contributed by atoms with Crippen molar-refractivity contribution in [2.75, 3.05) is 32.2 Å². The smallest absolute Gasteiger partial charge is 0.383 e. The maximum atomic E-state index is 12.5. The largest absolute Gasteiger partial charge is 0.416 e. The lowest BCUT2D eigenvalue weighted by Crippen LogP contribution is -2.23. The summed E-state index contributed by atoms with van der Waals surface area (Å²) in [7, 11) is 3.42. The number of aryl methyl sites for hydroxylation is 1. The second kappa shape index (κ2) is 5.40. The van der Waals surface area contributed by atoms with Gasteiger partial charge >= 0.3 is 6.18 Å². The third-order valence-electron chi connectivity index (χ3n) is 2.57. The van der Waals surface area contributed by atoms with E-state index in [0.29, 0.717) is 18.7 Å². The summed E-state index contributed by atoms with van der Waals surface area (Å²) in [5, 5.41) is 0. The minimum absolute atomic E-state index is 0.539. The Hall–Kier alpha value is -1.23. The zero-order chi connectivity index (χ0) is 13.1. The zero-order valence-electron chi connectivity index (χ0n) is 10.1. The van der Waals surface area contributed by atoms with Crippen LogP contribution < -0.4 is 4.90 Å². The van der Waals surface area contributed by atoms with Gasteiger partial charge in [0, 0.05) is 26.4 Å². The minimum Gasteiger partial charge on any atom is -0.383 e. The molecule has 17 heavy (non-hydrogen) atoms. The van der Waals surface area contributed by atoms with Crippen molar-refractivity contribution < 1.29 is 17.9 Å². The molecular weight excluding hydrogens is 231 g/mol. The Morgan fingerprint density at radius 1 is 1.29 bits per heavy atom. The molecule has 1 aromatic carbocycles. The molecule has 0 aliphatic carbocycles. The average Bonchev–Trinajstić information content (AvgIpc) is 2.24. The first-order chi connectivity index (χ1) is 7.86. The third-order valence-corrected chi connectivity index (χ3v) is 2.57. The summed E-state index contributed by atoms with van der Waals surface area (Å²) in [4.78, 5) is 1.87. The number of alkyl halides is 3. The first kappa shape index (κ1) is 13.8. The molecule has 96 valence electrons. The van der Waals surface area contributed by atoms with Gasteiger partial charge in [0.25, 0.3) is 0 Å². The van der Waals surface area contributed by atoms with E-state index in [-0.39, 0.29) is 0 Å². The quantitative estimate of drug-likeness (QED) is 0.810. The molecule has 0 aromatic heterocycles. The highest BCUT2D eigenvalue weighted by Crippen LogP contribution is 2.32. The summed E-state index contributed by atoms with van der Waals surface area (Å²) in [6, 6.07) is 3.76. The van der Waals surface area contributed by atoms with Crippen LogP contribution in [0.4, 0.5) is 18.9 Å². The number of anilines is 1. The van der Waals surface area contributed by atoms with Gasteiger partial charge in [-0.2, -0.15) is 13.2 Å². The molecule has 5 heteroatoms. The predicted molar refractivity (Wildman–Crippen MR) is 61.3 cm³/mol. The molecular formula is C12H16F3NO. The fourth-order valence-corrected chi connectivity index (χ4v) is 1.61. The van der Waals surface area contributed by atoms with Crippen LogP contribution >= 0.6 is 0 Å². The first-order valence-electron chi connectivity index (χ1n) is 5.24. The average molecular weight is 247 g/mol. The van der Waals surface area contributed by atoms with Gasteiger partial charge in [0.2, 0.25) is 0 Å². The van der Waals surface area contributed by atoms with Gasteiger partial charge in [0.15, 0.2) is 0 Å². The number of nitrogens with zero attached hydrogens (tertiary/aromatic N) is 1. The second-order valence-corrected chi connectivity index (χ2v) is 3.91. The number of likely N-dealkylation sites (N-methyl/N-ethyl adjacent to an activating group) is 1. The van der Waals surface area contributed by atoms with E-state index in [9.17, 15) is 13.2 Å². The predicted octanol–water partition coefficient (Wildman–Crippen LogP) is 3.10. The van der Waals surface area contributed by atoms with Crippen LogP contribution in [0.15, 0.2) is 18.2 Å². The van der Waals surface area contributed by atoms with Crippen molar-refractivity contribution in [2.24, 2.45) is 0 Å². The third kappa shape index (κ3) is 3.63. The molecule has 0 saturated heterocycles. The summed E-state index contributed by atoms with van der Waals surface area (Å²) in [6.07, 6.45) is -4.28. The molecule has 0 aliphatic rings. The van der Waals surface area contributed by atoms with E-state index in [0.717, 1.165) is 11.8 Å². The highest BCUT2D eigenvalue weighted by Gasteiger charge is 2.30. The molecule has 0 N–H and O–H groups in total. The lowest BCUT2D eigenvalue weighted by molar-refractivity contribution is -0.137. The molecule has 0 aliphatic heterocycles. The number of halogens is 3. The summed E-state index contributed by atoms with van der Waals surface area (Å²) in [5.74, 6) is 0. The van der Waals surface area contributed by atoms with E-state index in [4.69, 9.17) is 4.74 Å².